The zero-order chi connectivity index (χ0) is 18.6. The third-order valence-corrected chi connectivity index (χ3v) is 4.59. The number of aryl methyl sites for hydroxylation is 1. The second-order valence-corrected chi connectivity index (χ2v) is 8.12. The molecule has 2 aromatic carbocycles. The van der Waals surface area contributed by atoms with E-state index in [1.54, 1.807) is 12.1 Å². The van der Waals surface area contributed by atoms with E-state index in [0.717, 1.165) is 21.3 Å². The molecule has 0 aliphatic rings. The van der Waals surface area contributed by atoms with E-state index in [4.69, 9.17) is 0 Å². The molecule has 0 radical (unpaired) electrons. The molecule has 3 nitrogen and oxygen atoms in total. The summed E-state index contributed by atoms with van der Waals surface area (Å²) in [4.78, 5) is 12.3. The molecule has 2 rings (SSSR count). The lowest BCUT2D eigenvalue weighted by Gasteiger charge is -2.32. The van der Waals surface area contributed by atoms with Crippen molar-refractivity contribution < 1.29 is 9.18 Å². The number of rotatable bonds is 5. The van der Waals surface area contributed by atoms with Crippen LogP contribution in [0.25, 0.3) is 0 Å². The zero-order valence-electron chi connectivity index (χ0n) is 15.0. The first kappa shape index (κ1) is 19.6. The van der Waals surface area contributed by atoms with Crippen molar-refractivity contribution in [1.29, 1.82) is 0 Å². The highest BCUT2D eigenvalue weighted by Gasteiger charge is 2.26. The number of hydrogen-bond acceptors (Lipinski definition) is 2. The summed E-state index contributed by atoms with van der Waals surface area (Å²) >= 11 is 3.46. The molecule has 2 aromatic rings. The van der Waals surface area contributed by atoms with Crippen LogP contribution in [0.1, 0.15) is 37.9 Å². The van der Waals surface area contributed by atoms with Gasteiger partial charge < -0.3 is 10.6 Å². The van der Waals surface area contributed by atoms with Crippen molar-refractivity contribution in [3.8, 4) is 0 Å². The molecule has 0 bridgehead atoms. The Hall–Kier alpha value is -1.72. The van der Waals surface area contributed by atoms with Crippen LogP contribution in [0.4, 0.5) is 10.1 Å². The van der Waals surface area contributed by atoms with E-state index in [-0.39, 0.29) is 29.7 Å². The highest BCUT2D eigenvalue weighted by atomic mass is 79.9. The number of benzene rings is 2. The number of halogens is 2. The first-order valence-electron chi connectivity index (χ1n) is 8.21. The molecule has 25 heavy (non-hydrogen) atoms. The molecule has 0 saturated heterocycles. The number of carbonyl (C=O) groups is 1. The van der Waals surface area contributed by atoms with Gasteiger partial charge in [-0.1, -0.05) is 39.0 Å². The first-order valence-corrected chi connectivity index (χ1v) is 9.01. The van der Waals surface area contributed by atoms with Crippen molar-refractivity contribution in [2.45, 2.75) is 33.7 Å². The van der Waals surface area contributed by atoms with E-state index in [2.05, 4.69) is 47.3 Å². The van der Waals surface area contributed by atoms with Gasteiger partial charge in [0.05, 0.1) is 12.2 Å². The molecule has 2 N–H and O–H groups in total. The van der Waals surface area contributed by atoms with E-state index in [1.165, 1.54) is 12.1 Å². The van der Waals surface area contributed by atoms with Crippen LogP contribution in [0, 0.1) is 18.2 Å². The second kappa shape index (κ2) is 8.11. The summed E-state index contributed by atoms with van der Waals surface area (Å²) in [5, 5.41) is 6.19. The lowest BCUT2D eigenvalue weighted by molar-refractivity contribution is -0.115. The maximum Gasteiger partial charge on any atom is 0.238 e. The minimum absolute atomic E-state index is 0.0692. The molecule has 0 aromatic heterocycles. The fourth-order valence-electron chi connectivity index (χ4n) is 2.69. The van der Waals surface area contributed by atoms with Crippen molar-refractivity contribution in [1.82, 2.24) is 5.32 Å². The maximum absolute atomic E-state index is 13.2. The molecular formula is C20H24BrFN2O. The second-order valence-electron chi connectivity index (χ2n) is 7.26. The molecule has 0 fully saturated rings. The number of anilines is 1. The van der Waals surface area contributed by atoms with Gasteiger partial charge in [0, 0.05) is 10.5 Å². The predicted octanol–water partition coefficient (Wildman–Crippen LogP) is 5.21. The predicted molar refractivity (Wildman–Crippen MR) is 104 cm³/mol. The smallest absolute Gasteiger partial charge is 0.238 e. The van der Waals surface area contributed by atoms with Crippen LogP contribution in [0.3, 0.4) is 0 Å². The minimum Gasteiger partial charge on any atom is -0.324 e. The highest BCUT2D eigenvalue weighted by Crippen LogP contribution is 2.32. The van der Waals surface area contributed by atoms with Gasteiger partial charge in [0.25, 0.3) is 0 Å². The summed E-state index contributed by atoms with van der Waals surface area (Å²) in [5.74, 6) is -0.390. The van der Waals surface area contributed by atoms with Crippen LogP contribution < -0.4 is 10.6 Å². The minimum atomic E-state index is -0.265. The Kier molecular flexibility index (Phi) is 6.36. The van der Waals surface area contributed by atoms with Crippen molar-refractivity contribution in [2.24, 2.45) is 5.41 Å². The third-order valence-electron chi connectivity index (χ3n) is 3.93. The topological polar surface area (TPSA) is 41.1 Å². The van der Waals surface area contributed by atoms with Crippen LogP contribution >= 0.6 is 15.9 Å². The summed E-state index contributed by atoms with van der Waals surface area (Å²) in [5.41, 5.74) is 2.69. The van der Waals surface area contributed by atoms with E-state index in [9.17, 15) is 9.18 Å². The van der Waals surface area contributed by atoms with Crippen molar-refractivity contribution in [3.05, 3.63) is 63.9 Å². The SMILES string of the molecule is Cc1ccc(NC(=O)CNC(c2ccc(F)cc2)C(C)(C)C)c(Br)c1. The van der Waals surface area contributed by atoms with E-state index < -0.39 is 0 Å². The largest absolute Gasteiger partial charge is 0.324 e. The van der Waals surface area contributed by atoms with E-state index >= 15 is 0 Å². The summed E-state index contributed by atoms with van der Waals surface area (Å²) in [6.45, 7) is 8.42. The van der Waals surface area contributed by atoms with Crippen LogP contribution in [0.5, 0.6) is 0 Å². The van der Waals surface area contributed by atoms with E-state index in [1.807, 2.05) is 25.1 Å². The Morgan fingerprint density at radius 2 is 1.80 bits per heavy atom. The van der Waals surface area contributed by atoms with Gasteiger partial charge in [0.2, 0.25) is 5.91 Å². The number of nitrogens with one attached hydrogen (secondary N) is 2. The summed E-state index contributed by atoms with van der Waals surface area (Å²) in [6, 6.07) is 12.1. The van der Waals surface area contributed by atoms with Crippen LogP contribution in [-0.2, 0) is 4.79 Å². The van der Waals surface area contributed by atoms with E-state index in [0.29, 0.717) is 0 Å². The molecule has 0 aliphatic heterocycles. The van der Waals surface area contributed by atoms with Crippen LogP contribution in [-0.4, -0.2) is 12.5 Å². The van der Waals surface area contributed by atoms with Crippen LogP contribution in [0.15, 0.2) is 46.9 Å². The number of hydrogen-bond donors (Lipinski definition) is 2. The van der Waals surface area contributed by atoms with Gasteiger partial charge in [0.1, 0.15) is 5.82 Å². The Labute approximate surface area is 157 Å². The van der Waals surface area contributed by atoms with Gasteiger partial charge in [0.15, 0.2) is 0 Å². The number of amides is 1. The Morgan fingerprint density at radius 3 is 2.36 bits per heavy atom. The fourth-order valence-corrected chi connectivity index (χ4v) is 3.28. The van der Waals surface area contributed by atoms with Gasteiger partial charge in [-0.15, -0.1) is 0 Å². The molecular weight excluding hydrogens is 383 g/mol. The third kappa shape index (κ3) is 5.65. The lowest BCUT2D eigenvalue weighted by Crippen LogP contribution is -2.37. The van der Waals surface area contributed by atoms with Gasteiger partial charge in [-0.05, 0) is 63.7 Å². The summed E-state index contributed by atoms with van der Waals surface area (Å²) in [7, 11) is 0. The molecule has 0 spiro atoms. The molecule has 0 heterocycles. The summed E-state index contributed by atoms with van der Waals surface area (Å²) < 4.78 is 14.0. The first-order chi connectivity index (χ1) is 11.7. The summed E-state index contributed by atoms with van der Waals surface area (Å²) in [6.07, 6.45) is 0. The number of carbonyl (C=O) groups excluding carboxylic acids is 1. The fraction of sp³-hybridized carbons (Fsp3) is 0.350. The Balaban J connectivity index is 2.05. The van der Waals surface area contributed by atoms with Crippen molar-refractivity contribution >= 4 is 27.5 Å². The standard InChI is InChI=1S/C20H24BrFN2O/c1-13-5-10-17(16(21)11-13)24-18(25)12-23-19(20(2,3)4)14-6-8-15(22)9-7-14/h5-11,19,23H,12H2,1-4H3,(H,24,25). The molecule has 1 atom stereocenters. The molecule has 0 saturated carbocycles. The van der Waals surface area contributed by atoms with Crippen molar-refractivity contribution in [3.63, 3.8) is 0 Å². The molecule has 1 unspecified atom stereocenters. The average molecular weight is 407 g/mol. The quantitative estimate of drug-likeness (QED) is 0.714. The lowest BCUT2D eigenvalue weighted by atomic mass is 9.82. The Bertz CT molecular complexity index is 738. The monoisotopic (exact) mass is 406 g/mol. The average Bonchev–Trinajstić information content (AvgIpc) is 2.51. The van der Waals surface area contributed by atoms with Gasteiger partial charge >= 0.3 is 0 Å². The van der Waals surface area contributed by atoms with Gasteiger partial charge in [-0.3, -0.25) is 4.79 Å². The zero-order valence-corrected chi connectivity index (χ0v) is 16.6. The normalized spacial score (nSPS) is 12.7. The molecule has 0 aliphatic carbocycles. The maximum atomic E-state index is 13.2. The van der Waals surface area contributed by atoms with Gasteiger partial charge in [-0.2, -0.15) is 0 Å². The van der Waals surface area contributed by atoms with Crippen molar-refractivity contribution in [2.75, 3.05) is 11.9 Å². The molecule has 134 valence electrons. The highest BCUT2D eigenvalue weighted by molar-refractivity contribution is 9.10. The Morgan fingerprint density at radius 1 is 1.16 bits per heavy atom. The molecule has 5 heteroatoms. The van der Waals surface area contributed by atoms with Gasteiger partial charge in [-0.25, -0.2) is 4.39 Å². The van der Waals surface area contributed by atoms with Crippen LogP contribution in [0.2, 0.25) is 0 Å². The molecule has 1 amide bonds.